The molecule has 0 radical (unpaired) electrons. The second kappa shape index (κ2) is 6.57. The zero-order chi connectivity index (χ0) is 14.4. The fourth-order valence-corrected chi connectivity index (χ4v) is 1.94. The van der Waals surface area contributed by atoms with Crippen LogP contribution in [-0.2, 0) is 9.53 Å². The highest BCUT2D eigenvalue weighted by Crippen LogP contribution is 2.28. The Bertz CT molecular complexity index is 615. The Labute approximate surface area is 118 Å². The molecule has 0 spiro atoms. The van der Waals surface area contributed by atoms with Crippen LogP contribution in [0.25, 0.3) is 11.6 Å². The lowest BCUT2D eigenvalue weighted by molar-refractivity contribution is -0.133. The highest BCUT2D eigenvalue weighted by molar-refractivity contribution is 6.22. The molecule has 2 aromatic carbocycles. The molecule has 3 nitrogen and oxygen atoms in total. The van der Waals surface area contributed by atoms with E-state index >= 15 is 0 Å². The van der Waals surface area contributed by atoms with Gasteiger partial charge in [-0.2, -0.15) is 0 Å². The third-order valence-electron chi connectivity index (χ3n) is 2.91. The minimum absolute atomic E-state index is 0.390. The van der Waals surface area contributed by atoms with Crippen LogP contribution in [0.1, 0.15) is 11.1 Å². The van der Waals surface area contributed by atoms with Gasteiger partial charge in [-0.05, 0) is 17.7 Å². The smallest absolute Gasteiger partial charge is 0.338 e. The SMILES string of the molecule is COC(=O)/C(=C/c1ccccc1)c1ccccc1OC. The molecule has 0 amide bonds. The second-order valence-electron chi connectivity index (χ2n) is 4.16. The van der Waals surface area contributed by atoms with Crippen LogP contribution in [0.4, 0.5) is 0 Å². The summed E-state index contributed by atoms with van der Waals surface area (Å²) in [6, 6.07) is 17.0. The zero-order valence-electron chi connectivity index (χ0n) is 11.5. The topological polar surface area (TPSA) is 35.5 Å². The number of carbonyl (C=O) groups excluding carboxylic acids is 1. The summed E-state index contributed by atoms with van der Waals surface area (Å²) in [6.07, 6.45) is 1.80. The summed E-state index contributed by atoms with van der Waals surface area (Å²) in [5.41, 5.74) is 2.11. The minimum Gasteiger partial charge on any atom is -0.496 e. The Balaban J connectivity index is 2.54. The summed E-state index contributed by atoms with van der Waals surface area (Å²) >= 11 is 0. The van der Waals surface area contributed by atoms with E-state index in [0.29, 0.717) is 16.9 Å². The van der Waals surface area contributed by atoms with Gasteiger partial charge in [-0.3, -0.25) is 0 Å². The lowest BCUT2D eigenvalue weighted by atomic mass is 10.0. The normalized spacial score (nSPS) is 11.0. The van der Waals surface area contributed by atoms with Crippen LogP contribution in [0.3, 0.4) is 0 Å². The summed E-state index contributed by atoms with van der Waals surface area (Å²) in [5.74, 6) is 0.249. The molecule has 0 bridgehead atoms. The van der Waals surface area contributed by atoms with Gasteiger partial charge in [0, 0.05) is 5.56 Å². The molecule has 0 heterocycles. The summed E-state index contributed by atoms with van der Waals surface area (Å²) in [7, 11) is 2.95. The van der Waals surface area contributed by atoms with E-state index in [1.54, 1.807) is 13.2 Å². The van der Waals surface area contributed by atoms with E-state index in [2.05, 4.69) is 0 Å². The van der Waals surface area contributed by atoms with Gasteiger partial charge in [0.25, 0.3) is 0 Å². The van der Waals surface area contributed by atoms with Gasteiger partial charge >= 0.3 is 5.97 Å². The van der Waals surface area contributed by atoms with Gasteiger partial charge in [0.05, 0.1) is 19.8 Å². The highest BCUT2D eigenvalue weighted by Gasteiger charge is 2.16. The van der Waals surface area contributed by atoms with Crippen molar-refractivity contribution in [1.82, 2.24) is 0 Å². The molecule has 0 unspecified atom stereocenters. The summed E-state index contributed by atoms with van der Waals surface area (Å²) in [6.45, 7) is 0. The molecule has 0 aliphatic carbocycles. The van der Waals surface area contributed by atoms with Gasteiger partial charge < -0.3 is 9.47 Å². The highest BCUT2D eigenvalue weighted by atomic mass is 16.5. The molecule has 20 heavy (non-hydrogen) atoms. The van der Waals surface area contributed by atoms with E-state index in [1.807, 2.05) is 54.6 Å². The fraction of sp³-hybridized carbons (Fsp3) is 0.118. The Morgan fingerprint density at radius 3 is 2.25 bits per heavy atom. The monoisotopic (exact) mass is 268 g/mol. The number of benzene rings is 2. The van der Waals surface area contributed by atoms with Crippen molar-refractivity contribution in [3.05, 3.63) is 65.7 Å². The van der Waals surface area contributed by atoms with E-state index in [-0.39, 0.29) is 0 Å². The van der Waals surface area contributed by atoms with Gasteiger partial charge in [-0.15, -0.1) is 0 Å². The van der Waals surface area contributed by atoms with Crippen LogP contribution in [0, 0.1) is 0 Å². The molecule has 0 saturated heterocycles. The average Bonchev–Trinajstić information content (AvgIpc) is 2.53. The number of rotatable bonds is 4. The molecule has 3 heteroatoms. The molecule has 0 N–H and O–H groups in total. The standard InChI is InChI=1S/C17H16O3/c1-19-16-11-7-6-10-14(16)15(17(18)20-2)12-13-8-4-3-5-9-13/h3-12H,1-2H3/b15-12+. The Hall–Kier alpha value is -2.55. The molecule has 102 valence electrons. The molecule has 0 fully saturated rings. The lowest BCUT2D eigenvalue weighted by Crippen LogP contribution is -2.05. The number of hydrogen-bond acceptors (Lipinski definition) is 3. The molecule has 0 aliphatic heterocycles. The Morgan fingerprint density at radius 1 is 0.950 bits per heavy atom. The quantitative estimate of drug-likeness (QED) is 0.484. The Morgan fingerprint density at radius 2 is 1.60 bits per heavy atom. The van der Waals surface area contributed by atoms with Crippen LogP contribution < -0.4 is 4.74 Å². The molecule has 0 saturated carbocycles. The van der Waals surface area contributed by atoms with Crippen LogP contribution in [0.2, 0.25) is 0 Å². The maximum Gasteiger partial charge on any atom is 0.338 e. The van der Waals surface area contributed by atoms with E-state index in [4.69, 9.17) is 9.47 Å². The van der Waals surface area contributed by atoms with E-state index in [1.165, 1.54) is 7.11 Å². The van der Waals surface area contributed by atoms with Crippen LogP contribution in [-0.4, -0.2) is 20.2 Å². The number of ether oxygens (including phenoxy) is 2. The molecule has 2 rings (SSSR count). The lowest BCUT2D eigenvalue weighted by Gasteiger charge is -2.10. The first kappa shape index (κ1) is 13.9. The molecular weight excluding hydrogens is 252 g/mol. The third kappa shape index (κ3) is 3.06. The number of hydrogen-bond donors (Lipinski definition) is 0. The largest absolute Gasteiger partial charge is 0.496 e. The number of carbonyl (C=O) groups is 1. The van der Waals surface area contributed by atoms with Crippen LogP contribution >= 0.6 is 0 Å². The van der Waals surface area contributed by atoms with Crippen molar-refractivity contribution in [1.29, 1.82) is 0 Å². The number of methoxy groups -OCH3 is 2. The number of esters is 1. The maximum atomic E-state index is 12.0. The molecule has 2 aromatic rings. The minimum atomic E-state index is -0.390. The average molecular weight is 268 g/mol. The van der Waals surface area contributed by atoms with Crippen molar-refractivity contribution in [2.45, 2.75) is 0 Å². The molecule has 0 aromatic heterocycles. The first-order valence-corrected chi connectivity index (χ1v) is 6.24. The van der Waals surface area contributed by atoms with Crippen molar-refractivity contribution in [2.24, 2.45) is 0 Å². The molecule has 0 atom stereocenters. The summed E-state index contributed by atoms with van der Waals surface area (Å²) in [4.78, 5) is 12.0. The van der Waals surface area contributed by atoms with Crippen LogP contribution in [0.15, 0.2) is 54.6 Å². The second-order valence-corrected chi connectivity index (χ2v) is 4.16. The first-order valence-electron chi connectivity index (χ1n) is 6.24. The van der Waals surface area contributed by atoms with Crippen molar-refractivity contribution < 1.29 is 14.3 Å². The van der Waals surface area contributed by atoms with Gasteiger partial charge in [0.2, 0.25) is 0 Å². The predicted molar refractivity (Wildman–Crippen MR) is 79.3 cm³/mol. The van der Waals surface area contributed by atoms with Gasteiger partial charge in [0.1, 0.15) is 5.75 Å². The maximum absolute atomic E-state index is 12.0. The summed E-state index contributed by atoms with van der Waals surface area (Å²) < 4.78 is 10.2. The first-order chi connectivity index (χ1) is 9.76. The van der Waals surface area contributed by atoms with Gasteiger partial charge in [0.15, 0.2) is 0 Å². The van der Waals surface area contributed by atoms with Gasteiger partial charge in [-0.1, -0.05) is 48.5 Å². The summed E-state index contributed by atoms with van der Waals surface area (Å²) in [5, 5.41) is 0. The predicted octanol–water partition coefficient (Wildman–Crippen LogP) is 3.41. The van der Waals surface area contributed by atoms with Crippen molar-refractivity contribution in [2.75, 3.05) is 14.2 Å². The van der Waals surface area contributed by atoms with E-state index in [0.717, 1.165) is 5.56 Å². The van der Waals surface area contributed by atoms with E-state index < -0.39 is 5.97 Å². The van der Waals surface area contributed by atoms with Gasteiger partial charge in [-0.25, -0.2) is 4.79 Å². The van der Waals surface area contributed by atoms with E-state index in [9.17, 15) is 4.79 Å². The zero-order valence-corrected chi connectivity index (χ0v) is 11.5. The van der Waals surface area contributed by atoms with Crippen LogP contribution in [0.5, 0.6) is 5.75 Å². The Kier molecular flexibility index (Phi) is 4.56. The molecular formula is C17H16O3. The number of para-hydroxylation sites is 1. The third-order valence-corrected chi connectivity index (χ3v) is 2.91. The van der Waals surface area contributed by atoms with Crippen molar-refractivity contribution in [3.63, 3.8) is 0 Å². The van der Waals surface area contributed by atoms with Crippen molar-refractivity contribution in [3.8, 4) is 5.75 Å². The van der Waals surface area contributed by atoms with Crippen molar-refractivity contribution >= 4 is 17.6 Å². The fourth-order valence-electron chi connectivity index (χ4n) is 1.94. The molecule has 0 aliphatic rings.